The summed E-state index contributed by atoms with van der Waals surface area (Å²) in [5.41, 5.74) is 1.60. The van der Waals surface area contributed by atoms with Gasteiger partial charge in [-0.25, -0.2) is 4.98 Å². The lowest BCUT2D eigenvalue weighted by Crippen LogP contribution is -2.08. The number of aromatic nitrogens is 1. The van der Waals surface area contributed by atoms with Crippen LogP contribution in [0.4, 0.5) is 0 Å². The second-order valence-electron chi connectivity index (χ2n) is 2.36. The molecular weight excluding hydrogens is 142 g/mol. The Hall–Kier alpha value is -1.35. The van der Waals surface area contributed by atoms with E-state index in [1.54, 1.807) is 12.5 Å². The zero-order chi connectivity index (χ0) is 7.68. The second kappa shape index (κ2) is 2.36. The van der Waals surface area contributed by atoms with Crippen molar-refractivity contribution in [2.75, 3.05) is 0 Å². The van der Waals surface area contributed by atoms with Crippen molar-refractivity contribution in [3.63, 3.8) is 0 Å². The molecule has 3 heteroatoms. The van der Waals surface area contributed by atoms with Crippen LogP contribution in [0, 0.1) is 0 Å². The van der Waals surface area contributed by atoms with Crippen molar-refractivity contribution in [1.82, 2.24) is 0 Å². The first kappa shape index (κ1) is 6.37. The molecule has 0 aliphatic carbocycles. The van der Waals surface area contributed by atoms with Crippen LogP contribution < -0.4 is 4.98 Å². The quantitative estimate of drug-likeness (QED) is 0.651. The fourth-order valence-corrected chi connectivity index (χ4v) is 1.05. The van der Waals surface area contributed by atoms with Crippen LogP contribution in [0.15, 0.2) is 29.0 Å². The lowest BCUT2D eigenvalue weighted by Gasteiger charge is -1.86. The molecule has 0 radical (unpaired) electrons. The van der Waals surface area contributed by atoms with Crippen molar-refractivity contribution >= 4 is 11.0 Å². The third-order valence-corrected chi connectivity index (χ3v) is 1.62. The van der Waals surface area contributed by atoms with E-state index in [0.717, 1.165) is 16.7 Å². The lowest BCUT2D eigenvalue weighted by atomic mass is 10.3. The van der Waals surface area contributed by atoms with Crippen molar-refractivity contribution in [2.24, 2.45) is 0 Å². The summed E-state index contributed by atoms with van der Waals surface area (Å²) in [7, 11) is 0. The Labute approximate surface area is 63.3 Å². The molecule has 0 aromatic carbocycles. The standard InChI is InChI=1S/C8H7NO2/c10-5-7-3-6-1-2-11-8(6)4-9-7/h1-4,10H,5H2/p+1. The van der Waals surface area contributed by atoms with Gasteiger partial charge in [0.25, 0.3) is 0 Å². The molecule has 2 rings (SSSR count). The predicted molar refractivity (Wildman–Crippen MR) is 38.7 cm³/mol. The summed E-state index contributed by atoms with van der Waals surface area (Å²) in [6.45, 7) is 0.0289. The Kier molecular flexibility index (Phi) is 1.36. The number of hydrogen-bond acceptors (Lipinski definition) is 2. The molecule has 56 valence electrons. The number of furan rings is 1. The largest absolute Gasteiger partial charge is 0.458 e. The topological polar surface area (TPSA) is 47.5 Å². The average Bonchev–Trinajstić information content (AvgIpc) is 2.50. The van der Waals surface area contributed by atoms with E-state index in [2.05, 4.69) is 4.98 Å². The van der Waals surface area contributed by atoms with Gasteiger partial charge in [0, 0.05) is 11.5 Å². The molecule has 0 bridgehead atoms. The van der Waals surface area contributed by atoms with Crippen molar-refractivity contribution in [3.05, 3.63) is 30.3 Å². The maximum Gasteiger partial charge on any atom is 0.211 e. The molecule has 11 heavy (non-hydrogen) atoms. The van der Waals surface area contributed by atoms with Crippen LogP contribution in [0.25, 0.3) is 11.0 Å². The Morgan fingerprint density at radius 1 is 1.55 bits per heavy atom. The fraction of sp³-hybridized carbons (Fsp3) is 0.125. The number of pyridine rings is 1. The maximum atomic E-state index is 8.77. The molecule has 3 nitrogen and oxygen atoms in total. The molecule has 0 saturated heterocycles. The fourth-order valence-electron chi connectivity index (χ4n) is 1.05. The third kappa shape index (κ3) is 0.991. The first-order chi connectivity index (χ1) is 5.40. The van der Waals surface area contributed by atoms with Crippen LogP contribution >= 0.6 is 0 Å². The summed E-state index contributed by atoms with van der Waals surface area (Å²) in [5, 5.41) is 9.78. The molecule has 0 unspecified atom stereocenters. The normalized spacial score (nSPS) is 10.6. The van der Waals surface area contributed by atoms with E-state index >= 15 is 0 Å². The van der Waals surface area contributed by atoms with Gasteiger partial charge in [0.1, 0.15) is 6.61 Å². The minimum Gasteiger partial charge on any atom is -0.458 e. The van der Waals surface area contributed by atoms with Gasteiger partial charge >= 0.3 is 0 Å². The zero-order valence-electron chi connectivity index (χ0n) is 5.87. The van der Waals surface area contributed by atoms with E-state index < -0.39 is 0 Å². The van der Waals surface area contributed by atoms with Crippen molar-refractivity contribution in [1.29, 1.82) is 0 Å². The van der Waals surface area contributed by atoms with Crippen LogP contribution in [0.3, 0.4) is 0 Å². The Morgan fingerprint density at radius 3 is 3.27 bits per heavy atom. The molecule has 2 aromatic rings. The molecule has 0 spiro atoms. The lowest BCUT2D eigenvalue weighted by molar-refractivity contribution is -0.393. The van der Waals surface area contributed by atoms with Gasteiger partial charge in [-0.15, -0.1) is 0 Å². The Balaban J connectivity index is 2.67. The molecule has 2 heterocycles. The van der Waals surface area contributed by atoms with Gasteiger partial charge in [-0.05, 0) is 6.07 Å². The molecule has 0 aliphatic heterocycles. The highest BCUT2D eigenvalue weighted by Crippen LogP contribution is 2.12. The SMILES string of the molecule is OCc1cc2ccoc2c[nH+]1. The minimum atomic E-state index is 0.0289. The molecule has 0 atom stereocenters. The third-order valence-electron chi connectivity index (χ3n) is 1.62. The van der Waals surface area contributed by atoms with Gasteiger partial charge < -0.3 is 9.52 Å². The van der Waals surface area contributed by atoms with E-state index in [1.165, 1.54) is 0 Å². The van der Waals surface area contributed by atoms with Gasteiger partial charge in [-0.3, -0.25) is 0 Å². The van der Waals surface area contributed by atoms with Gasteiger partial charge in [-0.1, -0.05) is 0 Å². The van der Waals surface area contributed by atoms with Crippen LogP contribution in [0.1, 0.15) is 5.69 Å². The van der Waals surface area contributed by atoms with Crippen molar-refractivity contribution in [2.45, 2.75) is 6.61 Å². The number of H-pyrrole nitrogens is 1. The number of rotatable bonds is 1. The molecule has 0 fully saturated rings. The summed E-state index contributed by atoms with van der Waals surface area (Å²) < 4.78 is 5.10. The van der Waals surface area contributed by atoms with Gasteiger partial charge in [0.05, 0.1) is 6.26 Å². The maximum absolute atomic E-state index is 8.77. The number of nitrogens with one attached hydrogen (secondary N) is 1. The van der Waals surface area contributed by atoms with E-state index in [0.29, 0.717) is 0 Å². The number of aliphatic hydroxyl groups is 1. The number of fused-ring (bicyclic) bond motifs is 1. The van der Waals surface area contributed by atoms with Gasteiger partial charge in [0.2, 0.25) is 11.9 Å². The minimum absolute atomic E-state index is 0.0289. The van der Waals surface area contributed by atoms with E-state index in [9.17, 15) is 0 Å². The van der Waals surface area contributed by atoms with Crippen LogP contribution in [0.5, 0.6) is 0 Å². The van der Waals surface area contributed by atoms with Crippen LogP contribution in [0.2, 0.25) is 0 Å². The van der Waals surface area contributed by atoms with E-state index in [4.69, 9.17) is 9.52 Å². The number of aromatic amines is 1. The van der Waals surface area contributed by atoms with Gasteiger partial charge in [-0.2, -0.15) is 0 Å². The monoisotopic (exact) mass is 150 g/mol. The summed E-state index contributed by atoms with van der Waals surface area (Å²) in [6, 6.07) is 3.72. The second-order valence-corrected chi connectivity index (χ2v) is 2.36. The summed E-state index contributed by atoms with van der Waals surface area (Å²) in [6.07, 6.45) is 3.36. The van der Waals surface area contributed by atoms with Gasteiger partial charge in [0.15, 0.2) is 5.58 Å². The molecule has 2 N–H and O–H groups in total. The highest BCUT2D eigenvalue weighted by Gasteiger charge is 2.03. The number of aliphatic hydroxyl groups excluding tert-OH is 1. The Bertz CT molecular complexity index is 367. The molecule has 2 aromatic heterocycles. The zero-order valence-corrected chi connectivity index (χ0v) is 5.87. The summed E-state index contributed by atoms with van der Waals surface area (Å²) in [5.74, 6) is 0. The first-order valence-corrected chi connectivity index (χ1v) is 3.39. The molecule has 0 amide bonds. The first-order valence-electron chi connectivity index (χ1n) is 3.39. The van der Waals surface area contributed by atoms with Crippen molar-refractivity contribution < 1.29 is 14.5 Å². The van der Waals surface area contributed by atoms with E-state index in [-0.39, 0.29) is 6.61 Å². The summed E-state index contributed by atoms with van der Waals surface area (Å²) >= 11 is 0. The molecule has 0 aliphatic rings. The summed E-state index contributed by atoms with van der Waals surface area (Å²) in [4.78, 5) is 2.90. The van der Waals surface area contributed by atoms with E-state index in [1.807, 2.05) is 12.1 Å². The Morgan fingerprint density at radius 2 is 2.45 bits per heavy atom. The highest BCUT2D eigenvalue weighted by atomic mass is 16.3. The average molecular weight is 150 g/mol. The van der Waals surface area contributed by atoms with Crippen LogP contribution in [-0.4, -0.2) is 5.11 Å². The molecular formula is C8H8NO2+. The highest BCUT2D eigenvalue weighted by molar-refractivity contribution is 5.75. The smallest absolute Gasteiger partial charge is 0.211 e. The number of hydrogen-bond donors (Lipinski definition) is 1. The van der Waals surface area contributed by atoms with Crippen molar-refractivity contribution in [3.8, 4) is 0 Å². The van der Waals surface area contributed by atoms with Crippen LogP contribution in [-0.2, 0) is 6.61 Å². The molecule has 0 saturated carbocycles. The predicted octanol–water partition coefficient (Wildman–Crippen LogP) is 0.739.